The summed E-state index contributed by atoms with van der Waals surface area (Å²) in [7, 11) is 1.62. The van der Waals surface area contributed by atoms with Gasteiger partial charge >= 0.3 is 6.03 Å². The standard InChI is InChI=1S/C45H50N8O6/c1-7-31-26-32(42(54)46-20-21-57-24-25-58-23-22-56-6)28-33(27-31)48-43-47-19-18-41(51-43)59-38-17-16-37(35-10-8-9-11-36(35)38)49-44(55)50-40-29-39(45(3,4)5)52-53(40)34-14-12-30(2)13-15-34/h1,8-19,26-29,36,38H,20-25H2,2-6H3,(H,46,54)(H,47,48,51)(H2,49,50,55). The monoisotopic (exact) mass is 798 g/mol. The maximum absolute atomic E-state index is 13.6. The van der Waals surface area contributed by atoms with Gasteiger partial charge in [-0.15, -0.1) is 6.42 Å². The van der Waals surface area contributed by atoms with Crippen LogP contribution in [-0.4, -0.2) is 84.5 Å². The fourth-order valence-corrected chi connectivity index (χ4v) is 6.19. The number of aryl methyl sites for hydroxylation is 1. The minimum atomic E-state index is -0.438. The van der Waals surface area contributed by atoms with Gasteiger partial charge in [-0.05, 0) is 55.0 Å². The Bertz CT molecular complexity index is 2280. The average molecular weight is 799 g/mol. The maximum atomic E-state index is 13.6. The largest absolute Gasteiger partial charge is 0.469 e. The number of anilines is 3. The summed E-state index contributed by atoms with van der Waals surface area (Å²) in [5.74, 6) is 3.20. The van der Waals surface area contributed by atoms with E-state index in [-0.39, 0.29) is 23.2 Å². The van der Waals surface area contributed by atoms with Crippen molar-refractivity contribution < 1.29 is 28.5 Å². The highest BCUT2D eigenvalue weighted by Crippen LogP contribution is 2.33. The number of rotatable bonds is 17. The maximum Gasteiger partial charge on any atom is 0.324 e. The van der Waals surface area contributed by atoms with Crippen LogP contribution >= 0.6 is 0 Å². The Kier molecular flexibility index (Phi) is 14.1. The van der Waals surface area contributed by atoms with Gasteiger partial charge in [-0.2, -0.15) is 10.1 Å². The lowest BCUT2D eigenvalue weighted by molar-refractivity contribution is 0.0255. The third kappa shape index (κ3) is 11.5. The first kappa shape index (κ1) is 42.1. The number of allylic oxidation sites excluding steroid dienone is 4. The van der Waals surface area contributed by atoms with Crippen LogP contribution in [0.3, 0.4) is 0 Å². The molecule has 2 aromatic carbocycles. The number of fused-ring (bicyclic) bond motifs is 1. The number of aromatic nitrogens is 4. The molecule has 14 heteroatoms. The van der Waals surface area contributed by atoms with Gasteiger partial charge in [0.05, 0.1) is 44.4 Å². The smallest absolute Gasteiger partial charge is 0.324 e. The fourth-order valence-electron chi connectivity index (χ4n) is 6.19. The Morgan fingerprint density at radius 2 is 1.69 bits per heavy atom. The summed E-state index contributed by atoms with van der Waals surface area (Å²) in [4.78, 5) is 35.5. The van der Waals surface area contributed by atoms with Gasteiger partial charge in [0, 0.05) is 65.8 Å². The molecular formula is C45H50N8O6. The Labute approximate surface area is 344 Å². The number of carbonyl (C=O) groups excluding carboxylic acids is 2. The molecule has 2 aromatic heterocycles. The molecule has 59 heavy (non-hydrogen) atoms. The second-order valence-corrected chi connectivity index (χ2v) is 14.8. The lowest BCUT2D eigenvalue weighted by atomic mass is 9.84. The fraction of sp³-hybridized carbons (Fsp3) is 0.311. The van der Waals surface area contributed by atoms with Crippen LogP contribution < -0.4 is 26.0 Å². The first-order valence-corrected chi connectivity index (χ1v) is 19.3. The number of hydrogen-bond donors (Lipinski definition) is 4. The van der Waals surface area contributed by atoms with Gasteiger partial charge in [0.2, 0.25) is 11.8 Å². The molecule has 4 aromatic rings. The normalized spacial score (nSPS) is 15.7. The van der Waals surface area contributed by atoms with Crippen molar-refractivity contribution in [3.8, 4) is 23.9 Å². The Morgan fingerprint density at radius 3 is 2.46 bits per heavy atom. The molecule has 0 saturated heterocycles. The molecule has 6 rings (SSSR count). The number of nitrogens with zero attached hydrogens (tertiary/aromatic N) is 4. The molecule has 2 heterocycles. The Balaban J connectivity index is 1.08. The molecule has 0 spiro atoms. The van der Waals surface area contributed by atoms with Gasteiger partial charge in [-0.1, -0.05) is 68.7 Å². The van der Waals surface area contributed by atoms with E-state index in [0.29, 0.717) is 73.8 Å². The molecule has 2 aliphatic carbocycles. The molecule has 14 nitrogen and oxygen atoms in total. The summed E-state index contributed by atoms with van der Waals surface area (Å²) in [5.41, 5.74) is 5.50. The lowest BCUT2D eigenvalue weighted by Gasteiger charge is -2.30. The zero-order valence-corrected chi connectivity index (χ0v) is 34.0. The van der Waals surface area contributed by atoms with Crippen LogP contribution in [0.5, 0.6) is 5.88 Å². The number of nitrogens with one attached hydrogen (secondary N) is 4. The molecule has 0 saturated carbocycles. The van der Waals surface area contributed by atoms with E-state index >= 15 is 0 Å². The second-order valence-electron chi connectivity index (χ2n) is 14.8. The number of urea groups is 1. The topological polar surface area (TPSA) is 163 Å². The zero-order valence-electron chi connectivity index (χ0n) is 34.0. The van der Waals surface area contributed by atoms with E-state index in [1.165, 1.54) is 0 Å². The predicted molar refractivity (Wildman–Crippen MR) is 227 cm³/mol. The van der Waals surface area contributed by atoms with Crippen molar-refractivity contribution in [2.45, 2.75) is 39.2 Å². The molecule has 0 aliphatic heterocycles. The van der Waals surface area contributed by atoms with E-state index < -0.39 is 12.1 Å². The Morgan fingerprint density at radius 1 is 0.915 bits per heavy atom. The highest BCUT2D eigenvalue weighted by molar-refractivity contribution is 5.95. The van der Waals surface area contributed by atoms with Crippen molar-refractivity contribution >= 4 is 29.4 Å². The first-order valence-electron chi connectivity index (χ1n) is 19.3. The van der Waals surface area contributed by atoms with E-state index in [1.807, 2.05) is 73.7 Å². The zero-order chi connectivity index (χ0) is 41.8. The van der Waals surface area contributed by atoms with Crippen LogP contribution in [0.25, 0.3) is 5.69 Å². The molecule has 2 unspecified atom stereocenters. The van der Waals surface area contributed by atoms with Gasteiger partial charge in [0.15, 0.2) is 0 Å². The van der Waals surface area contributed by atoms with Crippen molar-refractivity contribution in [2.75, 3.05) is 57.3 Å². The summed E-state index contributed by atoms with van der Waals surface area (Å²) < 4.78 is 24.0. The first-order chi connectivity index (χ1) is 28.5. The van der Waals surface area contributed by atoms with E-state index in [0.717, 1.165) is 22.5 Å². The third-order valence-electron chi connectivity index (χ3n) is 9.27. The van der Waals surface area contributed by atoms with E-state index in [9.17, 15) is 9.59 Å². The van der Waals surface area contributed by atoms with Crippen LogP contribution in [0.4, 0.5) is 22.2 Å². The van der Waals surface area contributed by atoms with Crippen LogP contribution in [-0.2, 0) is 19.6 Å². The van der Waals surface area contributed by atoms with Crippen molar-refractivity contribution in [1.82, 2.24) is 30.4 Å². The molecule has 0 fully saturated rings. The minimum Gasteiger partial charge on any atom is -0.469 e. The van der Waals surface area contributed by atoms with Gasteiger partial charge in [0.25, 0.3) is 5.91 Å². The lowest BCUT2D eigenvalue weighted by Crippen LogP contribution is -2.35. The van der Waals surface area contributed by atoms with E-state index in [4.69, 9.17) is 30.5 Å². The summed E-state index contributed by atoms with van der Waals surface area (Å²) in [6, 6.07) is 16.2. The number of ether oxygens (including phenoxy) is 4. The SMILES string of the molecule is C#Cc1cc(Nc2nccc(OC3C=CC(NC(=O)Nc4cc(C(C)(C)C)nn4-c4ccc(C)cc4)=C4C=CC=CC43)n2)cc(C(=O)NCCOCCOCCOC)c1. The Hall–Kier alpha value is -6.53. The van der Waals surface area contributed by atoms with Gasteiger partial charge in [-0.25, -0.2) is 14.5 Å². The minimum absolute atomic E-state index is 0.217. The number of terminal acetylenes is 1. The van der Waals surface area contributed by atoms with Crippen molar-refractivity contribution in [1.29, 1.82) is 0 Å². The van der Waals surface area contributed by atoms with Gasteiger partial charge < -0.3 is 34.9 Å². The van der Waals surface area contributed by atoms with Crippen LogP contribution in [0.15, 0.2) is 109 Å². The molecule has 2 atom stereocenters. The average Bonchev–Trinajstić information content (AvgIpc) is 3.65. The van der Waals surface area contributed by atoms with Crippen molar-refractivity contribution in [3.05, 3.63) is 131 Å². The van der Waals surface area contributed by atoms with E-state index in [1.54, 1.807) is 42.3 Å². The number of hydrogen-bond acceptors (Lipinski definition) is 10. The molecular weight excluding hydrogens is 749 g/mol. The highest BCUT2D eigenvalue weighted by atomic mass is 16.5. The van der Waals surface area contributed by atoms with Gasteiger partial charge in [-0.3, -0.25) is 10.1 Å². The molecule has 3 amide bonds. The molecule has 0 bridgehead atoms. The highest BCUT2D eigenvalue weighted by Gasteiger charge is 2.30. The van der Waals surface area contributed by atoms with Crippen molar-refractivity contribution in [3.63, 3.8) is 0 Å². The predicted octanol–water partition coefficient (Wildman–Crippen LogP) is 6.54. The number of amides is 3. The second kappa shape index (κ2) is 19.8. The number of carbonyl (C=O) groups is 2. The van der Waals surface area contributed by atoms with Crippen molar-refractivity contribution in [2.24, 2.45) is 5.92 Å². The van der Waals surface area contributed by atoms with E-state index in [2.05, 4.69) is 57.9 Å². The number of benzene rings is 2. The molecule has 2 aliphatic rings. The van der Waals surface area contributed by atoms with Crippen LogP contribution in [0, 0.1) is 25.2 Å². The summed E-state index contributed by atoms with van der Waals surface area (Å²) in [6.07, 6.45) is 18.4. The molecule has 0 radical (unpaired) electrons. The molecule has 4 N–H and O–H groups in total. The summed E-state index contributed by atoms with van der Waals surface area (Å²) >= 11 is 0. The summed E-state index contributed by atoms with van der Waals surface area (Å²) in [5, 5.41) is 16.9. The van der Waals surface area contributed by atoms with Crippen LogP contribution in [0.1, 0.15) is 48.0 Å². The quantitative estimate of drug-likeness (QED) is 0.0682. The van der Waals surface area contributed by atoms with Crippen LogP contribution in [0.2, 0.25) is 0 Å². The molecule has 306 valence electrons. The summed E-state index contributed by atoms with van der Waals surface area (Å²) in [6.45, 7) is 10.8. The van der Waals surface area contributed by atoms with Gasteiger partial charge in [0.1, 0.15) is 11.9 Å². The third-order valence-corrected chi connectivity index (χ3v) is 9.27. The number of methoxy groups -OCH3 is 1.